The van der Waals surface area contributed by atoms with E-state index in [1.54, 1.807) is 12.1 Å². The number of carbonyl (C=O) groups excluding carboxylic acids is 1. The first kappa shape index (κ1) is 22.9. The molecule has 0 spiro atoms. The number of hydrogen-bond donors (Lipinski definition) is 1. The maximum atomic E-state index is 12.6. The van der Waals surface area contributed by atoms with E-state index in [2.05, 4.69) is 12.2 Å². The van der Waals surface area contributed by atoms with E-state index in [1.165, 1.54) is 30.6 Å². The van der Waals surface area contributed by atoms with Gasteiger partial charge in [-0.05, 0) is 42.7 Å². The summed E-state index contributed by atoms with van der Waals surface area (Å²) in [4.78, 5) is 12.6. The van der Waals surface area contributed by atoms with E-state index in [0.29, 0.717) is 12.2 Å². The van der Waals surface area contributed by atoms with Crippen LogP contribution in [0, 0.1) is 0 Å². The van der Waals surface area contributed by atoms with Crippen LogP contribution in [0.2, 0.25) is 0 Å². The third kappa shape index (κ3) is 6.58. The zero-order valence-electron chi connectivity index (χ0n) is 17.3. The molecule has 29 heavy (non-hydrogen) atoms. The molecule has 0 radical (unpaired) electrons. The van der Waals surface area contributed by atoms with Gasteiger partial charge in [0.05, 0.1) is 18.0 Å². The molecule has 1 unspecified atom stereocenters. The van der Waals surface area contributed by atoms with Gasteiger partial charge in [-0.25, -0.2) is 12.7 Å². The van der Waals surface area contributed by atoms with Crippen LogP contribution >= 0.6 is 0 Å². The van der Waals surface area contributed by atoms with Crippen molar-refractivity contribution in [1.29, 1.82) is 0 Å². The van der Waals surface area contributed by atoms with Crippen LogP contribution in [0.25, 0.3) is 0 Å². The predicted molar refractivity (Wildman–Crippen MR) is 114 cm³/mol. The number of carbonyl (C=O) groups is 1. The molecule has 158 valence electrons. The molecule has 1 atom stereocenters. The summed E-state index contributed by atoms with van der Waals surface area (Å²) in [5.74, 6) is 0.533. The van der Waals surface area contributed by atoms with Crippen LogP contribution in [-0.2, 0) is 14.8 Å². The lowest BCUT2D eigenvalue weighted by atomic mass is 10.0. The molecule has 0 aromatic heterocycles. The Hall–Kier alpha value is -2.38. The van der Waals surface area contributed by atoms with Crippen LogP contribution in [0.3, 0.4) is 0 Å². The number of nitrogens with one attached hydrogen (secondary N) is 1. The lowest BCUT2D eigenvalue weighted by Crippen LogP contribution is -2.31. The van der Waals surface area contributed by atoms with E-state index in [1.807, 2.05) is 30.3 Å². The Morgan fingerprint density at radius 2 is 1.76 bits per heavy atom. The summed E-state index contributed by atoms with van der Waals surface area (Å²) in [5, 5.41) is 3.07. The fourth-order valence-corrected chi connectivity index (χ4v) is 4.28. The molecule has 7 heteroatoms. The molecule has 1 amide bonds. The summed E-state index contributed by atoms with van der Waals surface area (Å²) in [5.41, 5.74) is 1.09. The molecule has 2 aromatic carbocycles. The fourth-order valence-electron chi connectivity index (χ4n) is 3.07. The molecule has 2 aromatic rings. The molecule has 0 saturated heterocycles. The smallest absolute Gasteiger partial charge is 0.242 e. The van der Waals surface area contributed by atoms with Crippen LogP contribution in [0.4, 0.5) is 0 Å². The first-order chi connectivity index (χ1) is 13.9. The Morgan fingerprint density at radius 1 is 1.10 bits per heavy atom. The largest absolute Gasteiger partial charge is 0.497 e. The molecule has 1 N–H and O–H groups in total. The number of rotatable bonds is 11. The van der Waals surface area contributed by atoms with Crippen LogP contribution < -0.4 is 10.1 Å². The minimum Gasteiger partial charge on any atom is -0.497 e. The van der Waals surface area contributed by atoms with Crippen molar-refractivity contribution < 1.29 is 17.9 Å². The van der Waals surface area contributed by atoms with Crippen molar-refractivity contribution in [3.8, 4) is 5.75 Å². The third-order valence-electron chi connectivity index (χ3n) is 4.76. The minimum atomic E-state index is -3.59. The molecule has 0 fully saturated rings. The highest BCUT2D eigenvalue weighted by atomic mass is 32.2. The predicted octanol–water partition coefficient (Wildman–Crippen LogP) is 3.75. The Balaban J connectivity index is 1.88. The molecule has 2 rings (SSSR count). The normalized spacial score (nSPS) is 12.6. The molecule has 0 bridgehead atoms. The van der Waals surface area contributed by atoms with Crippen molar-refractivity contribution in [2.75, 3.05) is 20.7 Å². The van der Waals surface area contributed by atoms with E-state index in [0.717, 1.165) is 18.4 Å². The first-order valence-electron chi connectivity index (χ1n) is 9.83. The van der Waals surface area contributed by atoms with Gasteiger partial charge in [0.2, 0.25) is 15.9 Å². The molecular formula is C22H30N2O4S. The molecule has 0 saturated carbocycles. The van der Waals surface area contributed by atoms with E-state index in [-0.39, 0.29) is 29.8 Å². The van der Waals surface area contributed by atoms with Gasteiger partial charge in [0.15, 0.2) is 0 Å². The quantitative estimate of drug-likeness (QED) is 0.603. The van der Waals surface area contributed by atoms with Gasteiger partial charge in [0, 0.05) is 20.0 Å². The molecule has 0 aliphatic heterocycles. The second-order valence-corrected chi connectivity index (χ2v) is 8.97. The highest BCUT2D eigenvalue weighted by Gasteiger charge is 2.21. The maximum absolute atomic E-state index is 12.6. The highest BCUT2D eigenvalue weighted by Crippen LogP contribution is 2.20. The lowest BCUT2D eigenvalue weighted by Gasteiger charge is -2.20. The van der Waals surface area contributed by atoms with Crippen molar-refractivity contribution in [3.05, 3.63) is 60.2 Å². The van der Waals surface area contributed by atoms with Gasteiger partial charge in [-0.3, -0.25) is 4.79 Å². The Kier molecular flexibility index (Phi) is 8.67. The number of nitrogens with zero attached hydrogens (tertiary/aromatic N) is 1. The van der Waals surface area contributed by atoms with Crippen molar-refractivity contribution in [2.45, 2.75) is 43.5 Å². The number of ether oxygens (including phenoxy) is 1. The summed E-state index contributed by atoms with van der Waals surface area (Å²) < 4.78 is 31.6. The van der Waals surface area contributed by atoms with Crippen molar-refractivity contribution in [2.24, 2.45) is 0 Å². The zero-order chi connectivity index (χ0) is 21.3. The van der Waals surface area contributed by atoms with Gasteiger partial charge in [-0.2, -0.15) is 0 Å². The molecule has 0 heterocycles. The summed E-state index contributed by atoms with van der Waals surface area (Å²) in [6.07, 6.45) is 2.55. The summed E-state index contributed by atoms with van der Waals surface area (Å²) >= 11 is 0. The second kappa shape index (κ2) is 11.0. The average molecular weight is 419 g/mol. The van der Waals surface area contributed by atoms with Crippen molar-refractivity contribution >= 4 is 15.9 Å². The van der Waals surface area contributed by atoms with Crippen molar-refractivity contribution in [1.82, 2.24) is 9.62 Å². The molecule has 0 aliphatic carbocycles. The minimum absolute atomic E-state index is 0.0190. The zero-order valence-corrected chi connectivity index (χ0v) is 18.1. The third-order valence-corrected chi connectivity index (χ3v) is 6.63. The summed E-state index contributed by atoms with van der Waals surface area (Å²) in [6, 6.07) is 16.1. The number of hydrogen-bond acceptors (Lipinski definition) is 4. The van der Waals surface area contributed by atoms with Crippen molar-refractivity contribution in [3.63, 3.8) is 0 Å². The van der Waals surface area contributed by atoms with Gasteiger partial charge in [0.1, 0.15) is 5.75 Å². The standard InChI is InChI=1S/C22H30N2O4S/c1-4-9-21(18-10-6-5-7-11-18)23-22(25)12-8-17-24(2)29(26,27)20-15-13-19(28-3)14-16-20/h5-7,10-11,13-16,21H,4,8-9,12,17H2,1-3H3,(H,23,25). The van der Waals surface area contributed by atoms with E-state index < -0.39 is 10.0 Å². The summed E-state index contributed by atoms with van der Waals surface area (Å²) in [7, 11) is -0.530. The number of methoxy groups -OCH3 is 1. The molecule has 0 aliphatic rings. The van der Waals surface area contributed by atoms with Crippen LogP contribution in [0.15, 0.2) is 59.5 Å². The average Bonchev–Trinajstić information content (AvgIpc) is 2.74. The van der Waals surface area contributed by atoms with Crippen LogP contribution in [-0.4, -0.2) is 39.3 Å². The second-order valence-electron chi connectivity index (χ2n) is 6.93. The lowest BCUT2D eigenvalue weighted by molar-refractivity contribution is -0.122. The topological polar surface area (TPSA) is 75.7 Å². The van der Waals surface area contributed by atoms with Gasteiger partial charge in [-0.1, -0.05) is 43.7 Å². The maximum Gasteiger partial charge on any atom is 0.242 e. The van der Waals surface area contributed by atoms with E-state index in [4.69, 9.17) is 4.74 Å². The molecular weight excluding hydrogens is 388 g/mol. The number of benzene rings is 2. The van der Waals surface area contributed by atoms with Gasteiger partial charge in [0.25, 0.3) is 0 Å². The summed E-state index contributed by atoms with van der Waals surface area (Å²) in [6.45, 7) is 2.35. The monoisotopic (exact) mass is 418 g/mol. The Bertz CT molecular complexity index is 867. The SMILES string of the molecule is CCCC(NC(=O)CCCN(C)S(=O)(=O)c1ccc(OC)cc1)c1ccccc1. The molecule has 6 nitrogen and oxygen atoms in total. The van der Waals surface area contributed by atoms with E-state index >= 15 is 0 Å². The van der Waals surface area contributed by atoms with Crippen LogP contribution in [0.5, 0.6) is 5.75 Å². The fraction of sp³-hybridized carbons (Fsp3) is 0.409. The first-order valence-corrected chi connectivity index (χ1v) is 11.3. The number of amides is 1. The van der Waals surface area contributed by atoms with E-state index in [9.17, 15) is 13.2 Å². The Labute approximate surface area is 173 Å². The van der Waals surface area contributed by atoms with Gasteiger partial charge in [-0.15, -0.1) is 0 Å². The van der Waals surface area contributed by atoms with Gasteiger partial charge >= 0.3 is 0 Å². The Morgan fingerprint density at radius 3 is 2.34 bits per heavy atom. The highest BCUT2D eigenvalue weighted by molar-refractivity contribution is 7.89. The van der Waals surface area contributed by atoms with Gasteiger partial charge < -0.3 is 10.1 Å². The number of sulfonamides is 1. The van der Waals surface area contributed by atoms with Crippen LogP contribution in [0.1, 0.15) is 44.2 Å².